The molecule has 2 N–H and O–H groups in total. The number of anilines is 2. The number of rotatable bonds is 5. The maximum atomic E-state index is 13.4. The van der Waals surface area contributed by atoms with Crippen molar-refractivity contribution in [3.63, 3.8) is 0 Å². The highest BCUT2D eigenvalue weighted by atomic mass is 19.1. The lowest BCUT2D eigenvalue weighted by molar-refractivity contribution is -0.120. The normalized spacial score (nSPS) is 13.4. The molecule has 1 atom stereocenters. The quantitative estimate of drug-likeness (QED) is 0.672. The summed E-state index contributed by atoms with van der Waals surface area (Å²) in [6.45, 7) is 0.580. The highest BCUT2D eigenvalue weighted by Gasteiger charge is 2.31. The lowest BCUT2D eigenvalue weighted by atomic mass is 10.0. The minimum absolute atomic E-state index is 0.168. The van der Waals surface area contributed by atoms with Crippen LogP contribution < -0.4 is 15.5 Å². The number of amides is 3. The zero-order valence-electron chi connectivity index (χ0n) is 16.3. The van der Waals surface area contributed by atoms with Crippen LogP contribution in [0.2, 0.25) is 0 Å². The van der Waals surface area contributed by atoms with Crippen molar-refractivity contribution in [1.29, 1.82) is 0 Å². The summed E-state index contributed by atoms with van der Waals surface area (Å²) in [5.74, 6) is -0.614. The van der Waals surface area contributed by atoms with Gasteiger partial charge in [-0.15, -0.1) is 0 Å². The molecule has 0 bridgehead atoms. The first-order chi connectivity index (χ1) is 14.6. The van der Waals surface area contributed by atoms with Crippen LogP contribution >= 0.6 is 0 Å². The Balaban J connectivity index is 1.53. The number of benzene rings is 3. The summed E-state index contributed by atoms with van der Waals surface area (Å²) in [7, 11) is 0. The number of urea groups is 1. The molecule has 1 aliphatic heterocycles. The van der Waals surface area contributed by atoms with Crippen molar-refractivity contribution in [3.8, 4) is 0 Å². The first-order valence-corrected chi connectivity index (χ1v) is 9.86. The molecule has 6 heteroatoms. The van der Waals surface area contributed by atoms with Crippen molar-refractivity contribution in [3.05, 3.63) is 95.8 Å². The number of nitrogens with one attached hydrogen (secondary N) is 2. The van der Waals surface area contributed by atoms with Gasteiger partial charge in [0.15, 0.2) is 0 Å². The van der Waals surface area contributed by atoms with Crippen LogP contribution in [0.3, 0.4) is 0 Å². The van der Waals surface area contributed by atoms with Gasteiger partial charge in [-0.2, -0.15) is 0 Å². The Bertz CT molecular complexity index is 1060. The van der Waals surface area contributed by atoms with Gasteiger partial charge in [-0.05, 0) is 41.8 Å². The number of hydrogen-bond acceptors (Lipinski definition) is 2. The fourth-order valence-corrected chi connectivity index (χ4v) is 3.70. The van der Waals surface area contributed by atoms with Gasteiger partial charge in [0.1, 0.15) is 11.9 Å². The average Bonchev–Trinajstić information content (AvgIpc) is 3.18. The summed E-state index contributed by atoms with van der Waals surface area (Å²) in [5, 5.41) is 5.38. The van der Waals surface area contributed by atoms with Crippen LogP contribution in [-0.2, 0) is 17.6 Å². The molecule has 0 aromatic heterocycles. The molecule has 1 aliphatic rings. The number of fused-ring (bicyclic) bond motifs is 1. The molecule has 0 aliphatic carbocycles. The van der Waals surface area contributed by atoms with Crippen LogP contribution in [0, 0.1) is 5.82 Å². The van der Waals surface area contributed by atoms with Crippen LogP contribution in [0.1, 0.15) is 11.1 Å². The van der Waals surface area contributed by atoms with Gasteiger partial charge in [-0.25, -0.2) is 9.18 Å². The molecule has 0 spiro atoms. The number of hydrogen-bond donors (Lipinski definition) is 2. The van der Waals surface area contributed by atoms with Gasteiger partial charge in [0, 0.05) is 24.3 Å². The topological polar surface area (TPSA) is 61.4 Å². The van der Waals surface area contributed by atoms with E-state index in [1.54, 1.807) is 11.0 Å². The Labute approximate surface area is 174 Å². The van der Waals surface area contributed by atoms with Crippen LogP contribution in [-0.4, -0.2) is 24.5 Å². The average molecular weight is 403 g/mol. The fraction of sp³-hybridized carbons (Fsp3) is 0.167. The molecule has 0 unspecified atom stereocenters. The van der Waals surface area contributed by atoms with E-state index >= 15 is 0 Å². The van der Waals surface area contributed by atoms with E-state index in [0.29, 0.717) is 18.7 Å². The molecular formula is C24H22FN3O2. The summed E-state index contributed by atoms with van der Waals surface area (Å²) in [6.07, 6.45) is 1.14. The third kappa shape index (κ3) is 4.49. The Morgan fingerprint density at radius 2 is 1.73 bits per heavy atom. The standard InChI is InChI=1S/C24H22FN3O2/c25-19-10-6-11-20(16-19)26-24(30)27-21(15-17-7-2-1-3-8-17)23(29)28-14-13-18-9-4-5-12-22(18)28/h1-12,16,21H,13-15H2,(H2,26,27,30)/t21-/m0/s1. The van der Waals surface area contributed by atoms with Crippen molar-refractivity contribution in [2.45, 2.75) is 18.9 Å². The van der Waals surface area contributed by atoms with Crippen molar-refractivity contribution in [2.75, 3.05) is 16.8 Å². The van der Waals surface area contributed by atoms with E-state index in [-0.39, 0.29) is 5.91 Å². The molecule has 5 nitrogen and oxygen atoms in total. The molecule has 3 aromatic rings. The van der Waals surface area contributed by atoms with Gasteiger partial charge in [-0.1, -0.05) is 54.6 Å². The zero-order chi connectivity index (χ0) is 20.9. The molecule has 0 fully saturated rings. The third-order valence-electron chi connectivity index (χ3n) is 5.12. The van der Waals surface area contributed by atoms with Crippen LogP contribution in [0.25, 0.3) is 0 Å². The number of carbonyl (C=O) groups is 2. The second-order valence-electron chi connectivity index (χ2n) is 7.22. The van der Waals surface area contributed by atoms with E-state index in [0.717, 1.165) is 23.2 Å². The van der Waals surface area contributed by atoms with Crippen molar-refractivity contribution in [2.24, 2.45) is 0 Å². The molecular weight excluding hydrogens is 381 g/mol. The molecule has 0 radical (unpaired) electrons. The van der Waals surface area contributed by atoms with E-state index < -0.39 is 17.9 Å². The Kier molecular flexibility index (Phi) is 5.75. The van der Waals surface area contributed by atoms with E-state index in [9.17, 15) is 14.0 Å². The monoisotopic (exact) mass is 403 g/mol. The largest absolute Gasteiger partial charge is 0.326 e. The van der Waals surface area contributed by atoms with Gasteiger partial charge < -0.3 is 15.5 Å². The molecule has 152 valence electrons. The maximum Gasteiger partial charge on any atom is 0.319 e. The molecule has 0 saturated carbocycles. The lowest BCUT2D eigenvalue weighted by Gasteiger charge is -2.25. The zero-order valence-corrected chi connectivity index (χ0v) is 16.3. The number of nitrogens with zero attached hydrogens (tertiary/aromatic N) is 1. The molecule has 3 aromatic carbocycles. The Morgan fingerprint density at radius 3 is 2.53 bits per heavy atom. The van der Waals surface area contributed by atoms with Crippen LogP contribution in [0.15, 0.2) is 78.9 Å². The molecule has 3 amide bonds. The fourth-order valence-electron chi connectivity index (χ4n) is 3.70. The first kappa shape index (κ1) is 19.6. The second-order valence-corrected chi connectivity index (χ2v) is 7.22. The molecule has 1 heterocycles. The molecule has 30 heavy (non-hydrogen) atoms. The van der Waals surface area contributed by atoms with Crippen molar-refractivity contribution >= 4 is 23.3 Å². The summed E-state index contributed by atoms with van der Waals surface area (Å²) in [5.41, 5.74) is 3.26. The summed E-state index contributed by atoms with van der Waals surface area (Å²) < 4.78 is 13.4. The highest BCUT2D eigenvalue weighted by molar-refractivity contribution is 6.02. The maximum absolute atomic E-state index is 13.4. The van der Waals surface area contributed by atoms with E-state index in [4.69, 9.17) is 0 Å². The molecule has 4 rings (SSSR count). The Morgan fingerprint density at radius 1 is 0.967 bits per heavy atom. The van der Waals surface area contributed by atoms with Crippen molar-refractivity contribution < 1.29 is 14.0 Å². The van der Waals surface area contributed by atoms with Gasteiger partial charge in [0.25, 0.3) is 0 Å². The predicted octanol–water partition coefficient (Wildman–Crippen LogP) is 4.15. The third-order valence-corrected chi connectivity index (χ3v) is 5.12. The van der Waals surface area contributed by atoms with Crippen LogP contribution in [0.5, 0.6) is 0 Å². The number of carbonyl (C=O) groups excluding carboxylic acids is 2. The first-order valence-electron chi connectivity index (χ1n) is 9.86. The Hall–Kier alpha value is -3.67. The van der Waals surface area contributed by atoms with Gasteiger partial charge in [0.2, 0.25) is 5.91 Å². The van der Waals surface area contributed by atoms with E-state index in [1.807, 2.05) is 54.6 Å². The lowest BCUT2D eigenvalue weighted by Crippen LogP contribution is -2.50. The number of halogens is 1. The second kappa shape index (κ2) is 8.78. The predicted molar refractivity (Wildman–Crippen MR) is 115 cm³/mol. The minimum Gasteiger partial charge on any atom is -0.326 e. The smallest absolute Gasteiger partial charge is 0.319 e. The van der Waals surface area contributed by atoms with Gasteiger partial charge in [0.05, 0.1) is 0 Å². The highest BCUT2D eigenvalue weighted by Crippen LogP contribution is 2.28. The van der Waals surface area contributed by atoms with Crippen LogP contribution in [0.4, 0.5) is 20.6 Å². The summed E-state index contributed by atoms with van der Waals surface area (Å²) in [6, 6.07) is 21.7. The summed E-state index contributed by atoms with van der Waals surface area (Å²) in [4.78, 5) is 27.7. The molecule has 0 saturated heterocycles. The van der Waals surface area contributed by atoms with Gasteiger partial charge >= 0.3 is 6.03 Å². The summed E-state index contributed by atoms with van der Waals surface area (Å²) >= 11 is 0. The minimum atomic E-state index is -0.757. The van der Waals surface area contributed by atoms with Crippen molar-refractivity contribution in [1.82, 2.24) is 5.32 Å². The van der Waals surface area contributed by atoms with Gasteiger partial charge in [-0.3, -0.25) is 4.79 Å². The number of para-hydroxylation sites is 1. The SMILES string of the molecule is O=C(Nc1cccc(F)c1)N[C@@H](Cc1ccccc1)C(=O)N1CCc2ccccc21. The van der Waals surface area contributed by atoms with E-state index in [1.165, 1.54) is 18.2 Å². The van der Waals surface area contributed by atoms with E-state index in [2.05, 4.69) is 10.6 Å².